The zero-order chi connectivity index (χ0) is 14.0. The van der Waals surface area contributed by atoms with Crippen LogP contribution in [0.5, 0.6) is 0 Å². The zero-order valence-corrected chi connectivity index (χ0v) is 11.8. The van der Waals surface area contributed by atoms with E-state index >= 15 is 0 Å². The summed E-state index contributed by atoms with van der Waals surface area (Å²) in [5.74, 6) is -0.190. The number of carbonyl (C=O) groups is 1. The van der Waals surface area contributed by atoms with Crippen molar-refractivity contribution in [2.75, 3.05) is 20.8 Å². The van der Waals surface area contributed by atoms with Crippen molar-refractivity contribution in [3.63, 3.8) is 0 Å². The standard InChI is InChI=1S/C14H22O5/c1-5-6-14(2)9-7-11(15)18-12(9)13(17-4)10(19-14)8-16-3/h5,9-10,12-13H,1,6-8H2,2-4H3/t9-,10+,12+,13+,14+/m0/s1. The van der Waals surface area contributed by atoms with Crippen molar-refractivity contribution in [3.05, 3.63) is 12.7 Å². The fourth-order valence-corrected chi connectivity index (χ4v) is 3.21. The molecule has 2 aliphatic rings. The van der Waals surface area contributed by atoms with E-state index in [0.29, 0.717) is 19.4 Å². The molecular weight excluding hydrogens is 248 g/mol. The molecule has 0 bridgehead atoms. The molecule has 2 aliphatic heterocycles. The highest BCUT2D eigenvalue weighted by atomic mass is 16.6. The Labute approximate surface area is 113 Å². The summed E-state index contributed by atoms with van der Waals surface area (Å²) in [5.41, 5.74) is -0.462. The molecule has 19 heavy (non-hydrogen) atoms. The van der Waals surface area contributed by atoms with Gasteiger partial charge in [-0.2, -0.15) is 0 Å². The predicted molar refractivity (Wildman–Crippen MR) is 68.8 cm³/mol. The minimum absolute atomic E-state index is 0.00365. The van der Waals surface area contributed by atoms with Crippen LogP contribution in [0.1, 0.15) is 19.8 Å². The van der Waals surface area contributed by atoms with Crippen molar-refractivity contribution in [3.8, 4) is 0 Å². The van der Waals surface area contributed by atoms with Gasteiger partial charge in [0.15, 0.2) is 0 Å². The molecule has 0 aromatic carbocycles. The molecular formula is C14H22O5. The van der Waals surface area contributed by atoms with Crippen molar-refractivity contribution in [1.29, 1.82) is 0 Å². The maximum atomic E-state index is 11.6. The van der Waals surface area contributed by atoms with E-state index < -0.39 is 5.60 Å². The number of ether oxygens (including phenoxy) is 4. The van der Waals surface area contributed by atoms with E-state index in [1.54, 1.807) is 14.2 Å². The Balaban J connectivity index is 2.28. The van der Waals surface area contributed by atoms with Crippen molar-refractivity contribution in [2.45, 2.75) is 43.7 Å². The Hall–Kier alpha value is -0.910. The number of methoxy groups -OCH3 is 2. The van der Waals surface area contributed by atoms with Crippen LogP contribution in [-0.2, 0) is 23.7 Å². The first-order chi connectivity index (χ1) is 9.05. The summed E-state index contributed by atoms with van der Waals surface area (Å²) in [4.78, 5) is 11.6. The SMILES string of the molecule is C=CC[C@@]1(C)O[C@H](COC)[C@@H](OC)[C@@H]2OC(=O)C[C@@H]21. The maximum Gasteiger partial charge on any atom is 0.306 e. The van der Waals surface area contributed by atoms with Crippen LogP contribution in [0.25, 0.3) is 0 Å². The fourth-order valence-electron chi connectivity index (χ4n) is 3.21. The number of fused-ring (bicyclic) bond motifs is 1. The average molecular weight is 270 g/mol. The van der Waals surface area contributed by atoms with Crippen molar-refractivity contribution in [1.82, 2.24) is 0 Å². The van der Waals surface area contributed by atoms with Crippen LogP contribution < -0.4 is 0 Å². The number of esters is 1. The number of hydrogen-bond donors (Lipinski definition) is 0. The van der Waals surface area contributed by atoms with Crippen LogP contribution in [0.2, 0.25) is 0 Å². The molecule has 0 aromatic rings. The Morgan fingerprint density at radius 1 is 1.53 bits per heavy atom. The summed E-state index contributed by atoms with van der Waals surface area (Å²) in [5, 5.41) is 0. The summed E-state index contributed by atoms with van der Waals surface area (Å²) in [6.45, 7) is 6.19. The lowest BCUT2D eigenvalue weighted by molar-refractivity contribution is -0.243. The smallest absolute Gasteiger partial charge is 0.306 e. The lowest BCUT2D eigenvalue weighted by Crippen LogP contribution is -2.60. The van der Waals surface area contributed by atoms with Crippen LogP contribution in [0, 0.1) is 5.92 Å². The number of rotatable bonds is 5. The van der Waals surface area contributed by atoms with Gasteiger partial charge in [-0.3, -0.25) is 4.79 Å². The van der Waals surface area contributed by atoms with Crippen LogP contribution in [0.3, 0.4) is 0 Å². The predicted octanol–water partition coefficient (Wildman–Crippen LogP) is 1.31. The fraction of sp³-hybridized carbons (Fsp3) is 0.786. The van der Waals surface area contributed by atoms with Crippen LogP contribution in [0.4, 0.5) is 0 Å². The summed E-state index contributed by atoms with van der Waals surface area (Å²) < 4.78 is 22.3. The molecule has 2 saturated heterocycles. The molecule has 0 aromatic heterocycles. The first-order valence-corrected chi connectivity index (χ1v) is 6.55. The first kappa shape index (κ1) is 14.5. The largest absolute Gasteiger partial charge is 0.459 e. The highest BCUT2D eigenvalue weighted by molar-refractivity contribution is 5.72. The van der Waals surface area contributed by atoms with Gasteiger partial charge in [0, 0.05) is 20.1 Å². The monoisotopic (exact) mass is 270 g/mol. The lowest BCUT2D eigenvalue weighted by atomic mass is 9.76. The van der Waals surface area contributed by atoms with E-state index in [1.807, 2.05) is 13.0 Å². The molecule has 0 amide bonds. The summed E-state index contributed by atoms with van der Waals surface area (Å²) >= 11 is 0. The molecule has 5 nitrogen and oxygen atoms in total. The molecule has 5 atom stereocenters. The topological polar surface area (TPSA) is 54.0 Å². The van der Waals surface area contributed by atoms with Crippen molar-refractivity contribution in [2.24, 2.45) is 5.92 Å². The maximum absolute atomic E-state index is 11.6. The average Bonchev–Trinajstić information content (AvgIpc) is 2.73. The van der Waals surface area contributed by atoms with Gasteiger partial charge < -0.3 is 18.9 Å². The molecule has 0 aliphatic carbocycles. The molecule has 0 N–H and O–H groups in total. The highest BCUT2D eigenvalue weighted by Crippen LogP contribution is 2.45. The van der Waals surface area contributed by atoms with Crippen molar-refractivity contribution < 1.29 is 23.7 Å². The van der Waals surface area contributed by atoms with Gasteiger partial charge in [0.2, 0.25) is 0 Å². The summed E-state index contributed by atoms with van der Waals surface area (Å²) in [6.07, 6.45) is 2.06. The summed E-state index contributed by atoms with van der Waals surface area (Å²) in [7, 11) is 3.23. The Morgan fingerprint density at radius 3 is 2.84 bits per heavy atom. The quantitative estimate of drug-likeness (QED) is 0.557. The number of hydrogen-bond acceptors (Lipinski definition) is 5. The number of carbonyl (C=O) groups excluding carboxylic acids is 1. The van der Waals surface area contributed by atoms with Gasteiger partial charge in [-0.1, -0.05) is 6.08 Å². The van der Waals surface area contributed by atoms with Gasteiger partial charge in [-0.25, -0.2) is 0 Å². The van der Waals surface area contributed by atoms with Gasteiger partial charge in [0.05, 0.1) is 18.6 Å². The van der Waals surface area contributed by atoms with Crippen LogP contribution in [0.15, 0.2) is 12.7 Å². The third kappa shape index (κ3) is 2.55. The molecule has 0 spiro atoms. The molecule has 0 radical (unpaired) electrons. The molecule has 2 fully saturated rings. The molecule has 5 heteroatoms. The minimum Gasteiger partial charge on any atom is -0.459 e. The van der Waals surface area contributed by atoms with E-state index in [1.165, 1.54) is 0 Å². The Bertz CT molecular complexity index is 356. The van der Waals surface area contributed by atoms with E-state index in [-0.39, 0.29) is 30.2 Å². The second kappa shape index (κ2) is 5.61. The van der Waals surface area contributed by atoms with E-state index in [2.05, 4.69) is 6.58 Å². The first-order valence-electron chi connectivity index (χ1n) is 6.55. The van der Waals surface area contributed by atoms with E-state index in [4.69, 9.17) is 18.9 Å². The van der Waals surface area contributed by atoms with Crippen LogP contribution >= 0.6 is 0 Å². The van der Waals surface area contributed by atoms with E-state index in [9.17, 15) is 4.79 Å². The molecule has 2 heterocycles. The van der Waals surface area contributed by atoms with Gasteiger partial charge in [-0.15, -0.1) is 6.58 Å². The minimum atomic E-state index is -0.462. The second-order valence-electron chi connectivity index (χ2n) is 5.38. The molecule has 2 rings (SSSR count). The third-order valence-corrected chi connectivity index (χ3v) is 4.10. The Morgan fingerprint density at radius 2 is 2.26 bits per heavy atom. The molecule has 0 saturated carbocycles. The van der Waals surface area contributed by atoms with E-state index in [0.717, 1.165) is 0 Å². The Kier molecular flexibility index (Phi) is 4.28. The van der Waals surface area contributed by atoms with Gasteiger partial charge in [0.1, 0.15) is 18.3 Å². The highest BCUT2D eigenvalue weighted by Gasteiger charge is 2.57. The van der Waals surface area contributed by atoms with Gasteiger partial charge >= 0.3 is 5.97 Å². The lowest BCUT2D eigenvalue weighted by Gasteiger charge is -2.48. The van der Waals surface area contributed by atoms with Gasteiger partial charge in [0.25, 0.3) is 0 Å². The van der Waals surface area contributed by atoms with Crippen molar-refractivity contribution >= 4 is 5.97 Å². The third-order valence-electron chi connectivity index (χ3n) is 4.10. The summed E-state index contributed by atoms with van der Waals surface area (Å²) in [6, 6.07) is 0. The molecule has 108 valence electrons. The second-order valence-corrected chi connectivity index (χ2v) is 5.38. The van der Waals surface area contributed by atoms with Crippen LogP contribution in [-0.4, -0.2) is 50.7 Å². The molecule has 0 unspecified atom stereocenters. The zero-order valence-electron chi connectivity index (χ0n) is 11.8. The normalized spacial score (nSPS) is 41.7. The van der Waals surface area contributed by atoms with Gasteiger partial charge in [-0.05, 0) is 13.3 Å².